The third-order valence-corrected chi connectivity index (χ3v) is 4.71. The van der Waals surface area contributed by atoms with Gasteiger partial charge in [-0.1, -0.05) is 41.9 Å². The third kappa shape index (κ3) is 3.82. The molecule has 1 saturated carbocycles. The van der Waals surface area contributed by atoms with Crippen LogP contribution in [0.2, 0.25) is 5.02 Å². The van der Waals surface area contributed by atoms with Gasteiger partial charge in [-0.25, -0.2) is 4.39 Å². The topological polar surface area (TPSA) is 58.2 Å². The molecule has 2 aromatic carbocycles. The first kappa shape index (κ1) is 17.4. The highest BCUT2D eigenvalue weighted by Gasteiger charge is 2.56. The maximum absolute atomic E-state index is 13.6. The fourth-order valence-electron chi connectivity index (χ4n) is 2.67. The van der Waals surface area contributed by atoms with Crippen LogP contribution in [0.3, 0.4) is 0 Å². The summed E-state index contributed by atoms with van der Waals surface area (Å²) < 4.78 is 13.6. The average molecular weight is 361 g/mol. The Kier molecular flexibility index (Phi) is 5.04. The van der Waals surface area contributed by atoms with Gasteiger partial charge in [0.15, 0.2) is 0 Å². The van der Waals surface area contributed by atoms with Crippen molar-refractivity contribution in [1.29, 1.82) is 0 Å². The Morgan fingerprint density at radius 2 is 1.72 bits per heavy atom. The molecule has 0 saturated heterocycles. The maximum atomic E-state index is 13.6. The van der Waals surface area contributed by atoms with Gasteiger partial charge in [0.05, 0.1) is 10.7 Å². The van der Waals surface area contributed by atoms with E-state index in [0.717, 1.165) is 0 Å². The van der Waals surface area contributed by atoms with Gasteiger partial charge in [-0.05, 0) is 43.0 Å². The molecule has 3 rings (SSSR count). The standard InChI is InChI=1S/C19H18ClFN2O2/c20-14-6-2-4-8-16(14)23-18(25)19(10-11-19)17(24)22-12-9-13-5-1-3-7-15(13)21/h1-8H,9-12H2,(H,22,24)(H,23,25). The zero-order chi connectivity index (χ0) is 17.9. The lowest BCUT2D eigenvalue weighted by atomic mass is 10.0. The van der Waals surface area contributed by atoms with Gasteiger partial charge in [-0.3, -0.25) is 9.59 Å². The van der Waals surface area contributed by atoms with Crippen LogP contribution in [0.15, 0.2) is 48.5 Å². The van der Waals surface area contributed by atoms with Gasteiger partial charge >= 0.3 is 0 Å². The van der Waals surface area contributed by atoms with E-state index < -0.39 is 5.41 Å². The number of anilines is 1. The van der Waals surface area contributed by atoms with Gasteiger partial charge in [-0.15, -0.1) is 0 Å². The highest BCUT2D eigenvalue weighted by molar-refractivity contribution is 6.34. The van der Waals surface area contributed by atoms with Crippen molar-refractivity contribution >= 4 is 29.1 Å². The van der Waals surface area contributed by atoms with Crippen molar-refractivity contribution in [3.63, 3.8) is 0 Å². The number of hydrogen-bond acceptors (Lipinski definition) is 2. The SMILES string of the molecule is O=C(NCCc1ccccc1F)C1(C(=O)Nc2ccccc2Cl)CC1. The number of rotatable bonds is 6. The molecule has 1 aliphatic carbocycles. The van der Waals surface area contributed by atoms with E-state index in [4.69, 9.17) is 11.6 Å². The minimum atomic E-state index is -1.05. The van der Waals surface area contributed by atoms with E-state index in [0.29, 0.717) is 35.5 Å². The number of carbonyl (C=O) groups excluding carboxylic acids is 2. The quantitative estimate of drug-likeness (QED) is 0.774. The minimum absolute atomic E-state index is 0.279. The highest BCUT2D eigenvalue weighted by Crippen LogP contribution is 2.47. The normalized spacial score (nSPS) is 14.6. The Morgan fingerprint density at radius 3 is 2.40 bits per heavy atom. The van der Waals surface area contributed by atoms with E-state index in [2.05, 4.69) is 10.6 Å². The van der Waals surface area contributed by atoms with Gasteiger partial charge in [0, 0.05) is 6.54 Å². The molecule has 2 aromatic rings. The van der Waals surface area contributed by atoms with Crippen molar-refractivity contribution in [1.82, 2.24) is 5.32 Å². The van der Waals surface area contributed by atoms with Crippen molar-refractivity contribution in [2.24, 2.45) is 5.41 Å². The van der Waals surface area contributed by atoms with E-state index in [1.807, 2.05) is 0 Å². The zero-order valence-electron chi connectivity index (χ0n) is 13.5. The summed E-state index contributed by atoms with van der Waals surface area (Å²) in [5, 5.41) is 5.89. The second kappa shape index (κ2) is 7.23. The summed E-state index contributed by atoms with van der Waals surface area (Å²) in [6.07, 6.45) is 1.37. The van der Waals surface area contributed by atoms with Gasteiger partial charge in [0.2, 0.25) is 11.8 Å². The van der Waals surface area contributed by atoms with Gasteiger partial charge in [0.1, 0.15) is 11.2 Å². The molecule has 1 aliphatic rings. The van der Waals surface area contributed by atoms with E-state index >= 15 is 0 Å². The fourth-order valence-corrected chi connectivity index (χ4v) is 2.85. The number of carbonyl (C=O) groups is 2. The first-order chi connectivity index (χ1) is 12.0. The number of amides is 2. The number of halogens is 2. The predicted octanol–water partition coefficient (Wildman–Crippen LogP) is 3.56. The molecule has 0 spiro atoms. The number of hydrogen-bond donors (Lipinski definition) is 2. The molecule has 0 heterocycles. The van der Waals surface area contributed by atoms with Crippen molar-refractivity contribution in [3.8, 4) is 0 Å². The zero-order valence-corrected chi connectivity index (χ0v) is 14.3. The Bertz CT molecular complexity index is 806. The van der Waals surface area contributed by atoms with Crippen LogP contribution in [0.5, 0.6) is 0 Å². The third-order valence-electron chi connectivity index (χ3n) is 4.38. The van der Waals surface area contributed by atoms with E-state index in [1.54, 1.807) is 42.5 Å². The Morgan fingerprint density at radius 1 is 1.04 bits per heavy atom. The van der Waals surface area contributed by atoms with Crippen LogP contribution in [-0.2, 0) is 16.0 Å². The van der Waals surface area contributed by atoms with E-state index in [9.17, 15) is 14.0 Å². The summed E-state index contributed by atoms with van der Waals surface area (Å²) >= 11 is 6.03. The van der Waals surface area contributed by atoms with Crippen LogP contribution < -0.4 is 10.6 Å². The lowest BCUT2D eigenvalue weighted by Gasteiger charge is -2.16. The fraction of sp³-hybridized carbons (Fsp3) is 0.263. The summed E-state index contributed by atoms with van der Waals surface area (Å²) in [4.78, 5) is 24.9. The Balaban J connectivity index is 1.57. The number of nitrogens with one attached hydrogen (secondary N) is 2. The summed E-state index contributed by atoms with van der Waals surface area (Å²) in [5.74, 6) is -0.980. The predicted molar refractivity (Wildman–Crippen MR) is 94.9 cm³/mol. The molecule has 0 radical (unpaired) electrons. The molecule has 4 nitrogen and oxygen atoms in total. The van der Waals surface area contributed by atoms with Gasteiger partial charge in [-0.2, -0.15) is 0 Å². The van der Waals surface area contributed by atoms with Crippen LogP contribution in [0, 0.1) is 11.2 Å². The lowest BCUT2D eigenvalue weighted by molar-refractivity contribution is -0.134. The molecule has 1 fully saturated rings. The smallest absolute Gasteiger partial charge is 0.240 e. The van der Waals surface area contributed by atoms with E-state index in [1.165, 1.54) is 6.07 Å². The van der Waals surface area contributed by atoms with Gasteiger partial charge in [0.25, 0.3) is 0 Å². The molecule has 0 bridgehead atoms. The largest absolute Gasteiger partial charge is 0.355 e. The van der Waals surface area contributed by atoms with Crippen molar-refractivity contribution in [2.75, 3.05) is 11.9 Å². The monoisotopic (exact) mass is 360 g/mol. The molecule has 6 heteroatoms. The first-order valence-electron chi connectivity index (χ1n) is 8.11. The molecule has 2 N–H and O–H groups in total. The first-order valence-corrected chi connectivity index (χ1v) is 8.48. The Labute approximate surface area is 150 Å². The van der Waals surface area contributed by atoms with Crippen LogP contribution in [0.1, 0.15) is 18.4 Å². The summed E-state index contributed by atoms with van der Waals surface area (Å²) in [6.45, 7) is 0.279. The molecule has 0 aliphatic heterocycles. The molecule has 2 amide bonds. The maximum Gasteiger partial charge on any atom is 0.240 e. The van der Waals surface area contributed by atoms with Crippen molar-refractivity contribution in [3.05, 3.63) is 64.9 Å². The number of benzene rings is 2. The van der Waals surface area contributed by atoms with Crippen molar-refractivity contribution in [2.45, 2.75) is 19.3 Å². The molecule has 0 unspecified atom stereocenters. The summed E-state index contributed by atoms with van der Waals surface area (Å²) in [7, 11) is 0. The van der Waals surface area contributed by atoms with E-state index in [-0.39, 0.29) is 24.2 Å². The lowest BCUT2D eigenvalue weighted by Crippen LogP contribution is -2.40. The molecule has 25 heavy (non-hydrogen) atoms. The second-order valence-electron chi connectivity index (χ2n) is 6.11. The van der Waals surface area contributed by atoms with Crippen LogP contribution >= 0.6 is 11.6 Å². The van der Waals surface area contributed by atoms with Crippen LogP contribution in [0.25, 0.3) is 0 Å². The van der Waals surface area contributed by atoms with Gasteiger partial charge < -0.3 is 10.6 Å². The average Bonchev–Trinajstić information content (AvgIpc) is 3.40. The molecular weight excluding hydrogens is 343 g/mol. The van der Waals surface area contributed by atoms with Crippen molar-refractivity contribution < 1.29 is 14.0 Å². The summed E-state index contributed by atoms with van der Waals surface area (Å²) in [6, 6.07) is 13.3. The minimum Gasteiger partial charge on any atom is -0.355 e. The summed E-state index contributed by atoms with van der Waals surface area (Å²) in [5.41, 5.74) is -0.0261. The second-order valence-corrected chi connectivity index (χ2v) is 6.52. The van der Waals surface area contributed by atoms with Crippen LogP contribution in [0.4, 0.5) is 10.1 Å². The Hall–Kier alpha value is -2.40. The molecule has 0 aromatic heterocycles. The highest BCUT2D eigenvalue weighted by atomic mass is 35.5. The van der Waals surface area contributed by atoms with Crippen LogP contribution in [-0.4, -0.2) is 18.4 Å². The number of para-hydroxylation sites is 1. The molecular formula is C19H18ClFN2O2. The molecule has 130 valence electrons. The molecule has 0 atom stereocenters.